The summed E-state index contributed by atoms with van der Waals surface area (Å²) in [7, 11) is -1.44. The van der Waals surface area contributed by atoms with Gasteiger partial charge in [-0.25, -0.2) is 8.42 Å². The second-order valence-corrected chi connectivity index (χ2v) is 14.2. The quantitative estimate of drug-likeness (QED) is 0.214. The van der Waals surface area contributed by atoms with Gasteiger partial charge in [0.25, 0.3) is 10.0 Å². The first-order valence-corrected chi connectivity index (χ1v) is 17.4. The van der Waals surface area contributed by atoms with Crippen molar-refractivity contribution in [2.45, 2.75) is 76.4 Å². The molecule has 0 bridgehead atoms. The van der Waals surface area contributed by atoms with Crippen LogP contribution in [0.15, 0.2) is 59.5 Å². The molecule has 4 rings (SSSR count). The molecule has 1 fully saturated rings. The molecule has 1 N–H and O–H groups in total. The minimum absolute atomic E-state index is 0.0173. The fraction of sp³-hybridized carbons (Fsp3) is 0.412. The van der Waals surface area contributed by atoms with Gasteiger partial charge >= 0.3 is 0 Å². The van der Waals surface area contributed by atoms with Crippen molar-refractivity contribution in [2.75, 3.05) is 25.1 Å². The number of halogens is 2. The lowest BCUT2D eigenvalue weighted by Crippen LogP contribution is -2.53. The summed E-state index contributed by atoms with van der Waals surface area (Å²) in [5, 5.41) is 3.78. The number of carbonyl (C=O) groups excluding carboxylic acids is 2. The molecular formula is C34H41Cl2N3O6S. The van der Waals surface area contributed by atoms with E-state index in [0.29, 0.717) is 33.5 Å². The molecule has 0 heterocycles. The zero-order valence-corrected chi connectivity index (χ0v) is 29.1. The summed E-state index contributed by atoms with van der Waals surface area (Å²) in [4.78, 5) is 29.5. The molecule has 0 radical (unpaired) electrons. The van der Waals surface area contributed by atoms with Gasteiger partial charge in [-0.15, -0.1) is 0 Å². The van der Waals surface area contributed by atoms with Gasteiger partial charge in [0.05, 0.1) is 34.8 Å². The maximum absolute atomic E-state index is 14.4. The van der Waals surface area contributed by atoms with Crippen molar-refractivity contribution in [2.24, 2.45) is 0 Å². The Balaban J connectivity index is 1.78. The average molecular weight is 691 g/mol. The van der Waals surface area contributed by atoms with Crippen LogP contribution in [0.3, 0.4) is 0 Å². The molecule has 1 aliphatic carbocycles. The number of hydrogen-bond donors (Lipinski definition) is 1. The van der Waals surface area contributed by atoms with E-state index in [-0.39, 0.29) is 29.1 Å². The number of hydrogen-bond acceptors (Lipinski definition) is 6. The maximum Gasteiger partial charge on any atom is 0.264 e. The van der Waals surface area contributed by atoms with E-state index in [9.17, 15) is 18.0 Å². The number of ether oxygens (including phenoxy) is 2. The summed E-state index contributed by atoms with van der Waals surface area (Å²) < 4.78 is 40.5. The molecule has 9 nitrogen and oxygen atoms in total. The van der Waals surface area contributed by atoms with Crippen LogP contribution >= 0.6 is 23.2 Å². The number of nitrogens with one attached hydrogen (secondary N) is 1. The van der Waals surface area contributed by atoms with Crippen molar-refractivity contribution in [3.05, 3.63) is 81.3 Å². The predicted molar refractivity (Wildman–Crippen MR) is 181 cm³/mol. The molecular weight excluding hydrogens is 649 g/mol. The minimum atomic E-state index is -4.32. The maximum atomic E-state index is 14.4. The van der Waals surface area contributed by atoms with Crippen LogP contribution < -0.4 is 19.1 Å². The molecule has 3 aromatic carbocycles. The van der Waals surface area contributed by atoms with Gasteiger partial charge in [-0.3, -0.25) is 13.9 Å². The van der Waals surface area contributed by atoms with Crippen molar-refractivity contribution in [3.63, 3.8) is 0 Å². The van der Waals surface area contributed by atoms with Crippen LogP contribution in [0.5, 0.6) is 11.5 Å². The normalized spacial score (nSPS) is 14.1. The summed E-state index contributed by atoms with van der Waals surface area (Å²) in [6.07, 6.45) is 4.15. The highest BCUT2D eigenvalue weighted by Gasteiger charge is 2.35. The third kappa shape index (κ3) is 8.27. The van der Waals surface area contributed by atoms with Gasteiger partial charge in [0, 0.05) is 18.7 Å². The lowest BCUT2D eigenvalue weighted by atomic mass is 10.1. The molecule has 3 aromatic rings. The van der Waals surface area contributed by atoms with Crippen LogP contribution in [0.25, 0.3) is 0 Å². The topological polar surface area (TPSA) is 105 Å². The lowest BCUT2D eigenvalue weighted by molar-refractivity contribution is -0.140. The number of carbonyl (C=O) groups is 2. The molecule has 1 atom stereocenters. The Hall–Kier alpha value is -3.47. The number of nitrogens with zero attached hydrogens (tertiary/aromatic N) is 2. The Morgan fingerprint density at radius 2 is 1.57 bits per heavy atom. The SMILES string of the molecule is CC[C@H](C(=O)NC1CCCC1)N(Cc1ccc(Cl)c(Cl)c1)C(=O)CN(c1cc(C)cc(C)c1)S(=O)(=O)c1ccc(OC)c(OC)c1. The van der Waals surface area contributed by atoms with Crippen LogP contribution in [0.4, 0.5) is 5.69 Å². The van der Waals surface area contributed by atoms with Crippen molar-refractivity contribution in [1.29, 1.82) is 0 Å². The molecule has 0 aromatic heterocycles. The van der Waals surface area contributed by atoms with E-state index in [4.69, 9.17) is 32.7 Å². The molecule has 1 aliphatic rings. The molecule has 0 aliphatic heterocycles. The zero-order chi connectivity index (χ0) is 33.6. The van der Waals surface area contributed by atoms with Gasteiger partial charge in [0.1, 0.15) is 12.6 Å². The number of methoxy groups -OCH3 is 2. The van der Waals surface area contributed by atoms with Gasteiger partial charge in [-0.2, -0.15) is 0 Å². The van der Waals surface area contributed by atoms with E-state index in [1.165, 1.54) is 37.3 Å². The largest absolute Gasteiger partial charge is 0.493 e. The highest BCUT2D eigenvalue weighted by atomic mass is 35.5. The Morgan fingerprint density at radius 3 is 2.15 bits per heavy atom. The fourth-order valence-corrected chi connectivity index (χ4v) is 7.58. The Bertz CT molecular complexity index is 1660. The number of benzene rings is 3. The lowest BCUT2D eigenvalue weighted by Gasteiger charge is -2.34. The third-order valence-corrected chi connectivity index (χ3v) is 10.6. The molecule has 0 unspecified atom stereocenters. The Kier molecular flexibility index (Phi) is 11.9. The third-order valence-electron chi connectivity index (χ3n) is 8.14. The van der Waals surface area contributed by atoms with Crippen LogP contribution in [0.2, 0.25) is 10.0 Å². The highest BCUT2D eigenvalue weighted by Crippen LogP contribution is 2.33. The predicted octanol–water partition coefficient (Wildman–Crippen LogP) is 6.69. The van der Waals surface area contributed by atoms with Crippen molar-refractivity contribution >= 4 is 50.7 Å². The second kappa shape index (κ2) is 15.4. The molecule has 0 spiro atoms. The summed E-state index contributed by atoms with van der Waals surface area (Å²) in [5.74, 6) is -0.236. The second-order valence-electron chi connectivity index (χ2n) is 11.6. The molecule has 2 amide bonds. The van der Waals surface area contributed by atoms with Crippen molar-refractivity contribution < 1.29 is 27.5 Å². The van der Waals surface area contributed by atoms with Gasteiger partial charge in [0.15, 0.2) is 11.5 Å². The van der Waals surface area contributed by atoms with E-state index < -0.39 is 28.5 Å². The van der Waals surface area contributed by atoms with Crippen molar-refractivity contribution in [3.8, 4) is 11.5 Å². The fourth-order valence-electron chi connectivity index (χ4n) is 5.85. The molecule has 1 saturated carbocycles. The van der Waals surface area contributed by atoms with E-state index in [2.05, 4.69) is 5.32 Å². The number of sulfonamides is 1. The summed E-state index contributed by atoms with van der Waals surface area (Å²) in [6, 6.07) is 13.8. The Morgan fingerprint density at radius 1 is 0.913 bits per heavy atom. The zero-order valence-electron chi connectivity index (χ0n) is 26.8. The van der Waals surface area contributed by atoms with Gasteiger partial charge in [-0.1, -0.05) is 55.1 Å². The van der Waals surface area contributed by atoms with Gasteiger partial charge < -0.3 is 19.7 Å². The highest BCUT2D eigenvalue weighted by molar-refractivity contribution is 7.92. The number of rotatable bonds is 13. The smallest absolute Gasteiger partial charge is 0.264 e. The molecule has 248 valence electrons. The average Bonchev–Trinajstić information content (AvgIpc) is 3.53. The van der Waals surface area contributed by atoms with Crippen LogP contribution in [-0.4, -0.2) is 58.0 Å². The summed E-state index contributed by atoms with van der Waals surface area (Å²) in [5.41, 5.74) is 2.61. The van der Waals surface area contributed by atoms with E-state index in [0.717, 1.165) is 41.1 Å². The van der Waals surface area contributed by atoms with E-state index in [1.807, 2.05) is 26.8 Å². The number of anilines is 1. The minimum Gasteiger partial charge on any atom is -0.493 e. The first kappa shape index (κ1) is 35.4. The van der Waals surface area contributed by atoms with E-state index >= 15 is 0 Å². The standard InChI is InChI=1S/C34H41Cl2N3O6S/c1-6-30(34(41)37-25-9-7-8-10-25)38(20-24-11-13-28(35)29(36)18-24)33(40)21-39(26-16-22(2)15-23(3)17-26)46(42,43)27-12-14-31(44-4)32(19-27)45-5/h11-19,25,30H,6-10,20-21H2,1-5H3,(H,37,41)/t30-/m1/s1. The first-order valence-electron chi connectivity index (χ1n) is 15.2. The van der Waals surface area contributed by atoms with Crippen LogP contribution in [0, 0.1) is 13.8 Å². The van der Waals surface area contributed by atoms with Crippen LogP contribution in [0.1, 0.15) is 55.7 Å². The van der Waals surface area contributed by atoms with E-state index in [1.54, 1.807) is 30.3 Å². The number of amides is 2. The molecule has 46 heavy (non-hydrogen) atoms. The first-order chi connectivity index (χ1) is 21.9. The van der Waals surface area contributed by atoms with Gasteiger partial charge in [0.2, 0.25) is 11.8 Å². The van der Waals surface area contributed by atoms with Crippen LogP contribution in [-0.2, 0) is 26.2 Å². The number of aryl methyl sites for hydroxylation is 2. The molecule has 0 saturated heterocycles. The summed E-state index contributed by atoms with van der Waals surface area (Å²) >= 11 is 12.5. The Labute approximate surface area is 281 Å². The van der Waals surface area contributed by atoms with Crippen molar-refractivity contribution in [1.82, 2.24) is 10.2 Å². The van der Waals surface area contributed by atoms with Gasteiger partial charge in [-0.05, 0) is 86.2 Å². The summed E-state index contributed by atoms with van der Waals surface area (Å²) in [6.45, 7) is 5.00. The monoisotopic (exact) mass is 689 g/mol. The molecule has 12 heteroatoms.